The van der Waals surface area contributed by atoms with Crippen LogP contribution in [0.1, 0.15) is 23.7 Å². The van der Waals surface area contributed by atoms with Crippen LogP contribution in [0.4, 0.5) is 0 Å². The van der Waals surface area contributed by atoms with Crippen molar-refractivity contribution in [1.29, 1.82) is 0 Å². The molecular formula is C16H18BrNO4. The van der Waals surface area contributed by atoms with Crippen molar-refractivity contribution in [3.05, 3.63) is 46.5 Å². The van der Waals surface area contributed by atoms with Crippen LogP contribution in [-0.2, 0) is 14.3 Å². The van der Waals surface area contributed by atoms with Gasteiger partial charge in [0.05, 0.1) is 13.0 Å². The highest BCUT2D eigenvalue weighted by Gasteiger charge is 2.09. The Labute approximate surface area is 138 Å². The number of ether oxygens (including phenoxy) is 1. The van der Waals surface area contributed by atoms with E-state index in [1.54, 1.807) is 38.2 Å². The number of esters is 1. The molecule has 0 aliphatic carbocycles. The number of halogens is 1. The second kappa shape index (κ2) is 9.15. The normalized spacial score (nSPS) is 10.5. The molecule has 1 aromatic rings. The van der Waals surface area contributed by atoms with E-state index in [1.165, 1.54) is 17.1 Å². The van der Waals surface area contributed by atoms with Gasteiger partial charge in [0.15, 0.2) is 5.78 Å². The highest BCUT2D eigenvalue weighted by molar-refractivity contribution is 9.10. The second-order valence-electron chi connectivity index (χ2n) is 4.52. The maximum atomic E-state index is 11.9. The Morgan fingerprint density at radius 3 is 2.41 bits per heavy atom. The first-order chi connectivity index (χ1) is 10.4. The minimum absolute atomic E-state index is 0.130. The molecule has 0 heterocycles. The fourth-order valence-corrected chi connectivity index (χ4v) is 1.85. The van der Waals surface area contributed by atoms with Crippen LogP contribution in [0.25, 0.3) is 0 Å². The lowest BCUT2D eigenvalue weighted by atomic mass is 10.1. The molecule has 0 N–H and O–H groups in total. The number of nitrogens with zero attached hydrogens (tertiary/aromatic N) is 1. The van der Waals surface area contributed by atoms with Crippen molar-refractivity contribution in [1.82, 2.24) is 4.90 Å². The Hall–Kier alpha value is -1.95. The summed E-state index contributed by atoms with van der Waals surface area (Å²) in [6.45, 7) is 2.29. The summed E-state index contributed by atoms with van der Waals surface area (Å²) in [6, 6.07) is 6.86. The van der Waals surface area contributed by atoms with Crippen molar-refractivity contribution < 1.29 is 19.1 Å². The summed E-state index contributed by atoms with van der Waals surface area (Å²) in [4.78, 5) is 36.3. The Morgan fingerprint density at radius 2 is 1.82 bits per heavy atom. The maximum absolute atomic E-state index is 11.9. The molecule has 0 unspecified atom stereocenters. The fourth-order valence-electron chi connectivity index (χ4n) is 1.59. The zero-order chi connectivity index (χ0) is 16.5. The van der Waals surface area contributed by atoms with Gasteiger partial charge >= 0.3 is 5.97 Å². The van der Waals surface area contributed by atoms with Crippen LogP contribution in [0.3, 0.4) is 0 Å². The molecule has 1 amide bonds. The van der Waals surface area contributed by atoms with E-state index in [4.69, 9.17) is 4.74 Å². The van der Waals surface area contributed by atoms with E-state index in [9.17, 15) is 14.4 Å². The van der Waals surface area contributed by atoms with E-state index in [0.717, 1.165) is 4.47 Å². The van der Waals surface area contributed by atoms with Gasteiger partial charge in [0, 0.05) is 29.7 Å². The van der Waals surface area contributed by atoms with E-state index in [-0.39, 0.29) is 30.6 Å². The molecule has 118 valence electrons. The summed E-state index contributed by atoms with van der Waals surface area (Å²) in [5.74, 6) is -0.938. The van der Waals surface area contributed by atoms with Gasteiger partial charge in [0.1, 0.15) is 0 Å². The lowest BCUT2D eigenvalue weighted by molar-refractivity contribution is -0.143. The molecule has 1 rings (SSSR count). The molecule has 0 aromatic heterocycles. The standard InChI is InChI=1S/C16H18BrNO4/c1-3-22-16(21)10-11-18(2)15(20)9-8-14(19)12-4-6-13(17)7-5-12/h4-9H,3,10-11H2,1-2H3/b9-8+. The SMILES string of the molecule is CCOC(=O)CCN(C)C(=O)/C=C/C(=O)c1ccc(Br)cc1. The van der Waals surface area contributed by atoms with Gasteiger partial charge in [0.2, 0.25) is 5.91 Å². The third kappa shape index (κ3) is 6.22. The van der Waals surface area contributed by atoms with Crippen LogP contribution in [0.2, 0.25) is 0 Å². The number of allylic oxidation sites excluding steroid dienone is 1. The van der Waals surface area contributed by atoms with Crippen molar-refractivity contribution in [2.24, 2.45) is 0 Å². The molecule has 0 spiro atoms. The maximum Gasteiger partial charge on any atom is 0.307 e. The van der Waals surface area contributed by atoms with Gasteiger partial charge < -0.3 is 9.64 Å². The van der Waals surface area contributed by atoms with Crippen molar-refractivity contribution in [3.8, 4) is 0 Å². The zero-order valence-corrected chi connectivity index (χ0v) is 14.1. The van der Waals surface area contributed by atoms with Crippen LogP contribution in [0, 0.1) is 0 Å². The van der Waals surface area contributed by atoms with Crippen molar-refractivity contribution in [3.63, 3.8) is 0 Å². The molecule has 0 radical (unpaired) electrons. The minimum Gasteiger partial charge on any atom is -0.466 e. The highest BCUT2D eigenvalue weighted by Crippen LogP contribution is 2.11. The zero-order valence-electron chi connectivity index (χ0n) is 12.5. The van der Waals surface area contributed by atoms with Gasteiger partial charge in [-0.1, -0.05) is 15.9 Å². The number of carbonyl (C=O) groups excluding carboxylic acids is 3. The Balaban J connectivity index is 2.50. The van der Waals surface area contributed by atoms with Crippen molar-refractivity contribution >= 4 is 33.6 Å². The van der Waals surface area contributed by atoms with E-state index in [1.807, 2.05) is 0 Å². The predicted octanol–water partition coefficient (Wildman–Crippen LogP) is 2.60. The predicted molar refractivity (Wildman–Crippen MR) is 86.5 cm³/mol. The Morgan fingerprint density at radius 1 is 1.18 bits per heavy atom. The molecular weight excluding hydrogens is 350 g/mol. The van der Waals surface area contributed by atoms with Gasteiger partial charge in [-0.25, -0.2) is 0 Å². The molecule has 0 saturated heterocycles. The first-order valence-corrected chi connectivity index (χ1v) is 7.62. The number of hydrogen-bond donors (Lipinski definition) is 0. The number of ketones is 1. The molecule has 5 nitrogen and oxygen atoms in total. The topological polar surface area (TPSA) is 63.7 Å². The van der Waals surface area contributed by atoms with Gasteiger partial charge in [-0.3, -0.25) is 14.4 Å². The Kier molecular flexibility index (Phi) is 7.52. The summed E-state index contributed by atoms with van der Waals surface area (Å²) < 4.78 is 5.66. The van der Waals surface area contributed by atoms with E-state index >= 15 is 0 Å². The van der Waals surface area contributed by atoms with Crippen LogP contribution in [0.5, 0.6) is 0 Å². The minimum atomic E-state index is -0.350. The largest absolute Gasteiger partial charge is 0.466 e. The average Bonchev–Trinajstić information content (AvgIpc) is 2.50. The van der Waals surface area contributed by atoms with Crippen LogP contribution in [0.15, 0.2) is 40.9 Å². The number of benzene rings is 1. The summed E-state index contributed by atoms with van der Waals surface area (Å²) in [5.41, 5.74) is 0.501. The summed E-state index contributed by atoms with van der Waals surface area (Å²) >= 11 is 3.29. The lowest BCUT2D eigenvalue weighted by Gasteiger charge is -2.14. The smallest absolute Gasteiger partial charge is 0.307 e. The summed E-state index contributed by atoms with van der Waals surface area (Å²) in [6.07, 6.45) is 2.56. The molecule has 22 heavy (non-hydrogen) atoms. The third-order valence-corrected chi connectivity index (χ3v) is 3.37. The fraction of sp³-hybridized carbons (Fsp3) is 0.312. The summed E-state index contributed by atoms with van der Waals surface area (Å²) in [5, 5.41) is 0. The quantitative estimate of drug-likeness (QED) is 0.422. The highest BCUT2D eigenvalue weighted by atomic mass is 79.9. The molecule has 0 atom stereocenters. The Bertz CT molecular complexity index is 566. The number of rotatable bonds is 7. The average molecular weight is 368 g/mol. The number of carbonyl (C=O) groups is 3. The van der Waals surface area contributed by atoms with Crippen LogP contribution in [-0.4, -0.2) is 42.8 Å². The number of hydrogen-bond acceptors (Lipinski definition) is 4. The third-order valence-electron chi connectivity index (χ3n) is 2.84. The van der Waals surface area contributed by atoms with Gasteiger partial charge in [0.25, 0.3) is 0 Å². The molecule has 0 aliphatic heterocycles. The van der Waals surface area contributed by atoms with Crippen molar-refractivity contribution in [2.45, 2.75) is 13.3 Å². The van der Waals surface area contributed by atoms with Crippen LogP contribution < -0.4 is 0 Å². The van der Waals surface area contributed by atoms with E-state index < -0.39 is 0 Å². The molecule has 0 fully saturated rings. The number of likely N-dealkylation sites (N-methyl/N-ethyl adjacent to an activating group) is 1. The van der Waals surface area contributed by atoms with Crippen LogP contribution >= 0.6 is 15.9 Å². The van der Waals surface area contributed by atoms with Gasteiger partial charge in [-0.05, 0) is 37.3 Å². The lowest BCUT2D eigenvalue weighted by Crippen LogP contribution is -2.28. The first kappa shape index (κ1) is 18.1. The molecule has 1 aromatic carbocycles. The first-order valence-electron chi connectivity index (χ1n) is 6.82. The summed E-state index contributed by atoms with van der Waals surface area (Å²) in [7, 11) is 1.57. The molecule has 6 heteroatoms. The van der Waals surface area contributed by atoms with Gasteiger partial charge in [-0.2, -0.15) is 0 Å². The number of amides is 1. The monoisotopic (exact) mass is 367 g/mol. The van der Waals surface area contributed by atoms with E-state index in [2.05, 4.69) is 15.9 Å². The molecule has 0 saturated carbocycles. The van der Waals surface area contributed by atoms with Gasteiger partial charge in [-0.15, -0.1) is 0 Å². The van der Waals surface area contributed by atoms with Crippen molar-refractivity contribution in [2.75, 3.05) is 20.2 Å². The second-order valence-corrected chi connectivity index (χ2v) is 5.43. The van der Waals surface area contributed by atoms with E-state index in [0.29, 0.717) is 12.2 Å². The molecule has 0 aliphatic rings. The molecule has 0 bridgehead atoms.